The van der Waals surface area contributed by atoms with Crippen LogP contribution in [-0.2, 0) is 19.4 Å². The molecule has 0 fully saturated rings. The lowest BCUT2D eigenvalue weighted by atomic mass is 10.0. The van der Waals surface area contributed by atoms with E-state index >= 15 is 0 Å². The highest BCUT2D eigenvalue weighted by atomic mass is 19.1. The SMILES string of the molecule is Cc1cc(NCCc2ccccc2F)nc(N2CCc3ccccc3C2)n1. The minimum Gasteiger partial charge on any atom is -0.370 e. The molecule has 0 spiro atoms. The average Bonchev–Trinajstić information content (AvgIpc) is 2.69. The van der Waals surface area contributed by atoms with Crippen molar-refractivity contribution >= 4 is 11.8 Å². The smallest absolute Gasteiger partial charge is 0.227 e. The molecule has 4 nitrogen and oxygen atoms in total. The Bertz CT molecular complexity index is 941. The van der Waals surface area contributed by atoms with Gasteiger partial charge in [0.05, 0.1) is 0 Å². The summed E-state index contributed by atoms with van der Waals surface area (Å²) >= 11 is 0. The molecule has 3 aromatic rings. The van der Waals surface area contributed by atoms with Gasteiger partial charge >= 0.3 is 0 Å². The van der Waals surface area contributed by atoms with E-state index in [9.17, 15) is 4.39 Å². The Hall–Kier alpha value is -2.95. The van der Waals surface area contributed by atoms with E-state index in [2.05, 4.69) is 39.5 Å². The predicted molar refractivity (Wildman–Crippen MR) is 107 cm³/mol. The number of halogens is 1. The van der Waals surface area contributed by atoms with Crippen molar-refractivity contribution in [3.8, 4) is 0 Å². The first-order valence-electron chi connectivity index (χ1n) is 9.34. The zero-order valence-corrected chi connectivity index (χ0v) is 15.5. The Morgan fingerprint density at radius 1 is 1.04 bits per heavy atom. The van der Waals surface area contributed by atoms with Crippen LogP contribution in [-0.4, -0.2) is 23.1 Å². The van der Waals surface area contributed by atoms with Crippen LogP contribution in [0.1, 0.15) is 22.4 Å². The highest BCUT2D eigenvalue weighted by Crippen LogP contribution is 2.23. The number of nitrogens with one attached hydrogen (secondary N) is 1. The highest BCUT2D eigenvalue weighted by molar-refractivity contribution is 5.46. The topological polar surface area (TPSA) is 41.1 Å². The van der Waals surface area contributed by atoms with Gasteiger partial charge in [0.15, 0.2) is 0 Å². The number of fused-ring (bicyclic) bond motifs is 1. The minimum atomic E-state index is -0.161. The number of aryl methyl sites for hydroxylation is 1. The Labute approximate surface area is 159 Å². The van der Waals surface area contributed by atoms with Crippen LogP contribution in [0.4, 0.5) is 16.2 Å². The van der Waals surface area contributed by atoms with Crippen LogP contribution in [0.5, 0.6) is 0 Å². The maximum absolute atomic E-state index is 13.7. The lowest BCUT2D eigenvalue weighted by Crippen LogP contribution is -2.32. The van der Waals surface area contributed by atoms with Gasteiger partial charge in [-0.2, -0.15) is 4.98 Å². The van der Waals surface area contributed by atoms with Crippen molar-refractivity contribution in [2.24, 2.45) is 0 Å². The summed E-state index contributed by atoms with van der Waals surface area (Å²) in [7, 11) is 0. The van der Waals surface area contributed by atoms with E-state index in [-0.39, 0.29) is 5.82 Å². The van der Waals surface area contributed by atoms with Gasteiger partial charge in [0.25, 0.3) is 0 Å². The molecule has 2 heterocycles. The molecule has 27 heavy (non-hydrogen) atoms. The monoisotopic (exact) mass is 362 g/mol. The first-order valence-corrected chi connectivity index (χ1v) is 9.34. The molecule has 0 saturated heterocycles. The fourth-order valence-electron chi connectivity index (χ4n) is 3.48. The molecule has 0 bridgehead atoms. The van der Waals surface area contributed by atoms with Crippen LogP contribution in [0, 0.1) is 12.7 Å². The van der Waals surface area contributed by atoms with Crippen molar-refractivity contribution in [1.82, 2.24) is 9.97 Å². The summed E-state index contributed by atoms with van der Waals surface area (Å²) in [5.41, 5.74) is 4.38. The van der Waals surface area contributed by atoms with Crippen molar-refractivity contribution in [3.63, 3.8) is 0 Å². The van der Waals surface area contributed by atoms with E-state index in [1.165, 1.54) is 17.2 Å². The van der Waals surface area contributed by atoms with E-state index in [4.69, 9.17) is 4.98 Å². The van der Waals surface area contributed by atoms with E-state index in [0.29, 0.717) is 18.5 Å². The molecule has 1 N–H and O–H groups in total. The molecule has 4 rings (SSSR count). The number of hydrogen-bond donors (Lipinski definition) is 1. The summed E-state index contributed by atoms with van der Waals surface area (Å²) in [6, 6.07) is 17.4. The first kappa shape index (κ1) is 17.5. The van der Waals surface area contributed by atoms with Crippen LogP contribution in [0.15, 0.2) is 54.6 Å². The van der Waals surface area contributed by atoms with Crippen LogP contribution < -0.4 is 10.2 Å². The van der Waals surface area contributed by atoms with Gasteiger partial charge in [-0.1, -0.05) is 42.5 Å². The molecule has 0 atom stereocenters. The van der Waals surface area contributed by atoms with Gasteiger partial charge in [0, 0.05) is 31.4 Å². The summed E-state index contributed by atoms with van der Waals surface area (Å²) in [6.45, 7) is 4.34. The molecule has 1 aliphatic heterocycles. The molecule has 1 aromatic heterocycles. The fraction of sp³-hybridized carbons (Fsp3) is 0.273. The number of hydrogen-bond acceptors (Lipinski definition) is 4. The van der Waals surface area contributed by atoms with Gasteiger partial charge in [-0.15, -0.1) is 0 Å². The maximum atomic E-state index is 13.7. The third-order valence-electron chi connectivity index (χ3n) is 4.91. The molecule has 5 heteroatoms. The van der Waals surface area contributed by atoms with E-state index in [1.807, 2.05) is 25.1 Å². The standard InChI is InChI=1S/C22H23FN4/c1-16-14-21(24-12-10-18-7-4-5-9-20(18)23)26-22(25-16)27-13-11-17-6-2-3-8-19(17)15-27/h2-9,14H,10-13,15H2,1H3,(H,24,25,26). The molecule has 0 saturated carbocycles. The lowest BCUT2D eigenvalue weighted by molar-refractivity contribution is 0.610. The summed E-state index contributed by atoms with van der Waals surface area (Å²) < 4.78 is 13.7. The lowest BCUT2D eigenvalue weighted by Gasteiger charge is -2.29. The maximum Gasteiger partial charge on any atom is 0.227 e. The fourth-order valence-corrected chi connectivity index (χ4v) is 3.48. The third kappa shape index (κ3) is 4.08. The van der Waals surface area contributed by atoms with Crippen LogP contribution >= 0.6 is 0 Å². The van der Waals surface area contributed by atoms with Gasteiger partial charge in [0.1, 0.15) is 11.6 Å². The van der Waals surface area contributed by atoms with Gasteiger partial charge in [-0.3, -0.25) is 0 Å². The molecule has 1 aliphatic rings. The van der Waals surface area contributed by atoms with E-state index in [0.717, 1.165) is 37.0 Å². The van der Waals surface area contributed by atoms with Crippen molar-refractivity contribution in [3.05, 3.63) is 82.8 Å². The number of aromatic nitrogens is 2. The number of nitrogens with zero attached hydrogens (tertiary/aromatic N) is 3. The molecule has 0 amide bonds. The van der Waals surface area contributed by atoms with Gasteiger partial charge in [-0.25, -0.2) is 9.37 Å². The quantitative estimate of drug-likeness (QED) is 0.741. The van der Waals surface area contributed by atoms with Gasteiger partial charge in [-0.05, 0) is 42.5 Å². The Morgan fingerprint density at radius 3 is 2.67 bits per heavy atom. The Kier molecular flexibility index (Phi) is 5.01. The van der Waals surface area contributed by atoms with E-state index < -0.39 is 0 Å². The normalized spacial score (nSPS) is 13.3. The van der Waals surface area contributed by atoms with Crippen LogP contribution in [0.2, 0.25) is 0 Å². The highest BCUT2D eigenvalue weighted by Gasteiger charge is 2.18. The molecule has 0 radical (unpaired) electrons. The van der Waals surface area contributed by atoms with E-state index in [1.54, 1.807) is 6.07 Å². The van der Waals surface area contributed by atoms with Crippen LogP contribution in [0.3, 0.4) is 0 Å². The largest absolute Gasteiger partial charge is 0.370 e. The molecular weight excluding hydrogens is 339 g/mol. The minimum absolute atomic E-state index is 0.161. The van der Waals surface area contributed by atoms with Gasteiger partial charge < -0.3 is 10.2 Å². The number of benzene rings is 2. The second-order valence-corrected chi connectivity index (χ2v) is 6.90. The van der Waals surface area contributed by atoms with Crippen molar-refractivity contribution < 1.29 is 4.39 Å². The van der Waals surface area contributed by atoms with Crippen LogP contribution in [0.25, 0.3) is 0 Å². The molecular formula is C22H23FN4. The third-order valence-corrected chi connectivity index (χ3v) is 4.91. The molecule has 2 aromatic carbocycles. The molecule has 0 unspecified atom stereocenters. The zero-order chi connectivity index (χ0) is 18.6. The first-order chi connectivity index (χ1) is 13.2. The summed E-state index contributed by atoms with van der Waals surface area (Å²) in [5.74, 6) is 1.37. The summed E-state index contributed by atoms with van der Waals surface area (Å²) in [4.78, 5) is 11.5. The molecule has 138 valence electrons. The Balaban J connectivity index is 1.45. The number of anilines is 2. The van der Waals surface area contributed by atoms with Crippen molar-refractivity contribution in [2.45, 2.75) is 26.3 Å². The summed E-state index contributed by atoms with van der Waals surface area (Å²) in [5, 5.41) is 3.32. The Morgan fingerprint density at radius 2 is 1.81 bits per heavy atom. The average molecular weight is 362 g/mol. The van der Waals surface area contributed by atoms with Crippen molar-refractivity contribution in [2.75, 3.05) is 23.3 Å². The van der Waals surface area contributed by atoms with Crippen molar-refractivity contribution in [1.29, 1.82) is 0 Å². The molecule has 0 aliphatic carbocycles. The second-order valence-electron chi connectivity index (χ2n) is 6.90. The van der Waals surface area contributed by atoms with Gasteiger partial charge in [0.2, 0.25) is 5.95 Å². The zero-order valence-electron chi connectivity index (χ0n) is 15.5. The predicted octanol–water partition coefficient (Wildman–Crippen LogP) is 4.14. The number of rotatable bonds is 5. The summed E-state index contributed by atoms with van der Waals surface area (Å²) in [6.07, 6.45) is 1.62. The second kappa shape index (κ2) is 7.74.